The fourth-order valence-electron chi connectivity index (χ4n) is 2.92. The van der Waals surface area contributed by atoms with Crippen molar-refractivity contribution in [1.29, 1.82) is 0 Å². The Morgan fingerprint density at radius 1 is 1.23 bits per heavy atom. The highest BCUT2D eigenvalue weighted by atomic mass is 16.5. The molecule has 1 aromatic carbocycles. The number of aryl methyl sites for hydroxylation is 1. The number of benzene rings is 1. The van der Waals surface area contributed by atoms with Crippen molar-refractivity contribution in [2.24, 2.45) is 4.99 Å². The molecule has 0 aliphatic heterocycles. The van der Waals surface area contributed by atoms with Gasteiger partial charge in [0.05, 0.1) is 13.7 Å². The standard InChI is InChI=1S/C21H38N4O/c1-7-22-21(24-18(5)11-10-14-25(8-2)9-3)23-16-19-13-12-17(4)20(15-19)26-6/h12-13,15,18H,7-11,14,16H2,1-6H3,(H2,22,23,24). The molecule has 0 aromatic heterocycles. The van der Waals surface area contributed by atoms with E-state index in [1.54, 1.807) is 7.11 Å². The first-order chi connectivity index (χ1) is 12.5. The van der Waals surface area contributed by atoms with E-state index in [0.717, 1.165) is 55.4 Å². The highest BCUT2D eigenvalue weighted by Gasteiger charge is 2.07. The lowest BCUT2D eigenvalue weighted by atomic mass is 10.1. The number of nitrogens with zero attached hydrogens (tertiary/aromatic N) is 2. The van der Waals surface area contributed by atoms with Crippen LogP contribution in [0.3, 0.4) is 0 Å². The molecule has 1 unspecified atom stereocenters. The van der Waals surface area contributed by atoms with Crippen LogP contribution in [-0.4, -0.2) is 50.2 Å². The van der Waals surface area contributed by atoms with E-state index in [4.69, 9.17) is 9.73 Å². The highest BCUT2D eigenvalue weighted by molar-refractivity contribution is 5.80. The Hall–Kier alpha value is -1.75. The predicted molar refractivity (Wildman–Crippen MR) is 112 cm³/mol. The first-order valence-electron chi connectivity index (χ1n) is 9.94. The molecule has 0 aliphatic carbocycles. The smallest absolute Gasteiger partial charge is 0.191 e. The van der Waals surface area contributed by atoms with Crippen molar-refractivity contribution in [3.8, 4) is 5.75 Å². The van der Waals surface area contributed by atoms with E-state index < -0.39 is 0 Å². The molecule has 0 saturated heterocycles. The van der Waals surface area contributed by atoms with Crippen LogP contribution in [0.1, 0.15) is 51.7 Å². The number of aliphatic imine (C=N–C) groups is 1. The zero-order valence-corrected chi connectivity index (χ0v) is 17.6. The summed E-state index contributed by atoms with van der Waals surface area (Å²) in [6.45, 7) is 15.7. The summed E-state index contributed by atoms with van der Waals surface area (Å²) in [5, 5.41) is 6.87. The zero-order valence-electron chi connectivity index (χ0n) is 17.6. The summed E-state index contributed by atoms with van der Waals surface area (Å²) >= 11 is 0. The molecule has 0 bridgehead atoms. The fourth-order valence-corrected chi connectivity index (χ4v) is 2.92. The van der Waals surface area contributed by atoms with Crippen LogP contribution in [0.15, 0.2) is 23.2 Å². The third-order valence-electron chi connectivity index (χ3n) is 4.63. The summed E-state index contributed by atoms with van der Waals surface area (Å²) in [4.78, 5) is 7.20. The molecule has 1 rings (SSSR count). The van der Waals surface area contributed by atoms with Gasteiger partial charge >= 0.3 is 0 Å². The van der Waals surface area contributed by atoms with Crippen LogP contribution >= 0.6 is 0 Å². The number of nitrogens with one attached hydrogen (secondary N) is 2. The quantitative estimate of drug-likeness (QED) is 0.467. The Balaban J connectivity index is 2.57. The Bertz CT molecular complexity index is 541. The molecule has 0 amide bonds. The van der Waals surface area contributed by atoms with Gasteiger partial charge in [0, 0.05) is 12.6 Å². The number of methoxy groups -OCH3 is 1. The summed E-state index contributed by atoms with van der Waals surface area (Å²) < 4.78 is 5.40. The third-order valence-corrected chi connectivity index (χ3v) is 4.63. The van der Waals surface area contributed by atoms with Gasteiger partial charge in [-0.25, -0.2) is 4.99 Å². The SMILES string of the molecule is CCNC(=NCc1ccc(C)c(OC)c1)NC(C)CCCN(CC)CC. The van der Waals surface area contributed by atoms with Crippen LogP contribution in [0.5, 0.6) is 5.75 Å². The van der Waals surface area contributed by atoms with Gasteiger partial charge in [-0.15, -0.1) is 0 Å². The summed E-state index contributed by atoms with van der Waals surface area (Å²) in [6.07, 6.45) is 2.34. The van der Waals surface area contributed by atoms with Crippen LogP contribution in [0.2, 0.25) is 0 Å². The molecular formula is C21H38N4O. The van der Waals surface area contributed by atoms with Gasteiger partial charge in [-0.1, -0.05) is 26.0 Å². The maximum absolute atomic E-state index is 5.40. The normalized spacial score (nSPS) is 13.0. The summed E-state index contributed by atoms with van der Waals surface area (Å²) in [7, 11) is 1.71. The maximum Gasteiger partial charge on any atom is 0.191 e. The molecule has 5 nitrogen and oxygen atoms in total. The Morgan fingerprint density at radius 2 is 1.96 bits per heavy atom. The summed E-state index contributed by atoms with van der Waals surface area (Å²) in [6, 6.07) is 6.66. The zero-order chi connectivity index (χ0) is 19.4. The van der Waals surface area contributed by atoms with Gasteiger partial charge in [0.1, 0.15) is 5.75 Å². The number of rotatable bonds is 11. The van der Waals surface area contributed by atoms with Gasteiger partial charge in [-0.3, -0.25) is 0 Å². The van der Waals surface area contributed by atoms with Crippen LogP contribution < -0.4 is 15.4 Å². The Kier molecular flexibility index (Phi) is 10.8. The average Bonchev–Trinajstić information content (AvgIpc) is 2.64. The van der Waals surface area contributed by atoms with Crippen LogP contribution in [0.25, 0.3) is 0 Å². The largest absolute Gasteiger partial charge is 0.496 e. The molecule has 0 saturated carbocycles. The number of ether oxygens (including phenoxy) is 1. The molecule has 0 heterocycles. The summed E-state index contributed by atoms with van der Waals surface area (Å²) in [5.41, 5.74) is 2.30. The lowest BCUT2D eigenvalue weighted by Crippen LogP contribution is -2.42. The van der Waals surface area contributed by atoms with E-state index in [-0.39, 0.29) is 0 Å². The molecule has 0 aliphatic rings. The van der Waals surface area contributed by atoms with Gasteiger partial charge in [-0.05, 0) is 70.4 Å². The van der Waals surface area contributed by atoms with Gasteiger partial charge in [0.15, 0.2) is 5.96 Å². The van der Waals surface area contributed by atoms with Gasteiger partial charge in [-0.2, -0.15) is 0 Å². The predicted octanol–water partition coefficient (Wildman–Crippen LogP) is 3.57. The van der Waals surface area contributed by atoms with Gasteiger partial charge in [0.2, 0.25) is 0 Å². The van der Waals surface area contributed by atoms with Gasteiger partial charge < -0.3 is 20.3 Å². The van der Waals surface area contributed by atoms with E-state index >= 15 is 0 Å². The number of hydrogen-bond acceptors (Lipinski definition) is 3. The molecule has 0 spiro atoms. The first-order valence-corrected chi connectivity index (χ1v) is 9.94. The second-order valence-corrected chi connectivity index (χ2v) is 6.71. The van der Waals surface area contributed by atoms with Crippen molar-refractivity contribution in [2.45, 2.75) is 60.0 Å². The minimum atomic E-state index is 0.399. The Morgan fingerprint density at radius 3 is 2.58 bits per heavy atom. The molecule has 26 heavy (non-hydrogen) atoms. The molecule has 1 aromatic rings. The molecule has 1 atom stereocenters. The van der Waals surface area contributed by atoms with Crippen molar-refractivity contribution in [1.82, 2.24) is 15.5 Å². The van der Waals surface area contributed by atoms with E-state index in [1.807, 2.05) is 0 Å². The summed E-state index contributed by atoms with van der Waals surface area (Å²) in [5.74, 6) is 1.79. The van der Waals surface area contributed by atoms with Crippen LogP contribution in [-0.2, 0) is 6.54 Å². The lowest BCUT2D eigenvalue weighted by Gasteiger charge is -2.21. The van der Waals surface area contributed by atoms with Gasteiger partial charge in [0.25, 0.3) is 0 Å². The second-order valence-electron chi connectivity index (χ2n) is 6.71. The molecule has 2 N–H and O–H groups in total. The molecule has 5 heteroatoms. The average molecular weight is 363 g/mol. The van der Waals surface area contributed by atoms with Crippen molar-refractivity contribution >= 4 is 5.96 Å². The molecule has 0 radical (unpaired) electrons. The topological polar surface area (TPSA) is 48.9 Å². The molecular weight excluding hydrogens is 324 g/mol. The molecule has 148 valence electrons. The Labute approximate surface area is 160 Å². The van der Waals surface area contributed by atoms with E-state index in [0.29, 0.717) is 12.6 Å². The van der Waals surface area contributed by atoms with Crippen molar-refractivity contribution in [3.63, 3.8) is 0 Å². The third kappa shape index (κ3) is 8.09. The van der Waals surface area contributed by atoms with Crippen LogP contribution in [0.4, 0.5) is 0 Å². The van der Waals surface area contributed by atoms with E-state index in [1.165, 1.54) is 6.42 Å². The number of hydrogen-bond donors (Lipinski definition) is 2. The first kappa shape index (κ1) is 22.3. The van der Waals surface area contributed by atoms with E-state index in [9.17, 15) is 0 Å². The number of guanidine groups is 1. The fraction of sp³-hybridized carbons (Fsp3) is 0.667. The monoisotopic (exact) mass is 362 g/mol. The van der Waals surface area contributed by atoms with E-state index in [2.05, 4.69) is 68.4 Å². The lowest BCUT2D eigenvalue weighted by molar-refractivity contribution is 0.292. The minimum absolute atomic E-state index is 0.399. The minimum Gasteiger partial charge on any atom is -0.496 e. The molecule has 0 fully saturated rings. The van der Waals surface area contributed by atoms with Crippen molar-refractivity contribution in [3.05, 3.63) is 29.3 Å². The highest BCUT2D eigenvalue weighted by Crippen LogP contribution is 2.19. The van der Waals surface area contributed by atoms with Crippen LogP contribution in [0, 0.1) is 6.92 Å². The van der Waals surface area contributed by atoms with Crippen molar-refractivity contribution in [2.75, 3.05) is 33.3 Å². The van der Waals surface area contributed by atoms with Crippen molar-refractivity contribution < 1.29 is 4.74 Å². The second kappa shape index (κ2) is 12.6. The maximum atomic E-state index is 5.40.